The highest BCUT2D eigenvalue weighted by atomic mass is 16.7. The van der Waals surface area contributed by atoms with E-state index in [0.29, 0.717) is 22.4 Å². The molecule has 1 aliphatic rings. The van der Waals surface area contributed by atoms with E-state index in [2.05, 4.69) is 0 Å². The average Bonchev–Trinajstić information content (AvgIpc) is 3.09. The number of fused-ring (bicyclic) bond motifs is 2. The van der Waals surface area contributed by atoms with Crippen molar-refractivity contribution < 1.29 is 19.0 Å². The lowest BCUT2D eigenvalue weighted by Gasteiger charge is -2.14. The molecule has 0 bridgehead atoms. The van der Waals surface area contributed by atoms with Gasteiger partial charge in [-0.05, 0) is 25.1 Å². The van der Waals surface area contributed by atoms with E-state index >= 15 is 0 Å². The van der Waals surface area contributed by atoms with Crippen molar-refractivity contribution in [1.29, 1.82) is 0 Å². The van der Waals surface area contributed by atoms with Gasteiger partial charge in [-0.25, -0.2) is 4.79 Å². The Morgan fingerprint density at radius 2 is 1.88 bits per heavy atom. The van der Waals surface area contributed by atoms with Crippen molar-refractivity contribution in [3.8, 4) is 17.2 Å². The molecule has 0 aliphatic carbocycles. The number of esters is 1. The number of pyridine rings is 1. The van der Waals surface area contributed by atoms with Crippen molar-refractivity contribution in [2.45, 2.75) is 6.92 Å². The lowest BCUT2D eigenvalue weighted by atomic mass is 10.1. The molecule has 4 rings (SSSR count). The minimum absolute atomic E-state index is 0.0166. The van der Waals surface area contributed by atoms with Crippen molar-refractivity contribution in [2.24, 2.45) is 0 Å². The molecule has 0 N–H and O–H groups in total. The zero-order valence-electron chi connectivity index (χ0n) is 13.5. The second kappa shape index (κ2) is 5.98. The van der Waals surface area contributed by atoms with E-state index in [0.717, 1.165) is 5.69 Å². The summed E-state index contributed by atoms with van der Waals surface area (Å²) in [5, 5.41) is 0.374. The molecule has 0 saturated heterocycles. The molecular weight excluding hydrogens is 322 g/mol. The lowest BCUT2D eigenvalue weighted by Crippen LogP contribution is -2.20. The Labute approximate surface area is 143 Å². The summed E-state index contributed by atoms with van der Waals surface area (Å²) in [7, 11) is 0. The van der Waals surface area contributed by atoms with Gasteiger partial charge in [0.25, 0.3) is 0 Å². The molecule has 25 heavy (non-hydrogen) atoms. The highest BCUT2D eigenvalue weighted by molar-refractivity contribution is 5.95. The summed E-state index contributed by atoms with van der Waals surface area (Å²) in [6, 6.07) is 12.8. The Hall–Kier alpha value is -3.28. The molecule has 2 aromatic carbocycles. The molecule has 0 amide bonds. The Morgan fingerprint density at radius 3 is 2.60 bits per heavy atom. The molecule has 126 valence electrons. The highest BCUT2D eigenvalue weighted by Gasteiger charge is 2.21. The Balaban J connectivity index is 2.06. The number of carbonyl (C=O) groups excluding carboxylic acids is 1. The normalized spacial score (nSPS) is 12.4. The summed E-state index contributed by atoms with van der Waals surface area (Å²) < 4.78 is 17.6. The maximum Gasteiger partial charge on any atom is 0.343 e. The van der Waals surface area contributed by atoms with Crippen LogP contribution in [0.1, 0.15) is 17.3 Å². The van der Waals surface area contributed by atoms with Gasteiger partial charge in [0.1, 0.15) is 5.56 Å². The van der Waals surface area contributed by atoms with Crippen LogP contribution >= 0.6 is 0 Å². The van der Waals surface area contributed by atoms with Crippen molar-refractivity contribution in [3.63, 3.8) is 0 Å². The molecule has 0 radical (unpaired) electrons. The van der Waals surface area contributed by atoms with Crippen LogP contribution in [0.15, 0.2) is 53.5 Å². The third-order valence-corrected chi connectivity index (χ3v) is 4.03. The minimum atomic E-state index is -0.642. The number of benzene rings is 2. The maximum absolute atomic E-state index is 12.8. The van der Waals surface area contributed by atoms with E-state index in [-0.39, 0.29) is 24.4 Å². The fourth-order valence-corrected chi connectivity index (χ4v) is 2.87. The standard InChI is InChI=1S/C19H15NO5/c1-2-23-19(22)14-10-20(12-6-4-3-5-7-12)15-9-17-16(24-11-25-17)8-13(15)18(14)21/h3-10H,2,11H2,1H3. The lowest BCUT2D eigenvalue weighted by molar-refractivity contribution is 0.0524. The van der Waals surface area contributed by atoms with Crippen molar-refractivity contribution >= 4 is 16.9 Å². The minimum Gasteiger partial charge on any atom is -0.462 e. The van der Waals surface area contributed by atoms with Crippen LogP contribution < -0.4 is 14.9 Å². The van der Waals surface area contributed by atoms with Crippen LogP contribution in [0.5, 0.6) is 11.5 Å². The molecule has 0 fully saturated rings. The number of carbonyl (C=O) groups is 1. The van der Waals surface area contributed by atoms with E-state index in [1.807, 2.05) is 30.3 Å². The summed E-state index contributed by atoms with van der Waals surface area (Å²) in [6.45, 7) is 2.01. The van der Waals surface area contributed by atoms with E-state index in [9.17, 15) is 9.59 Å². The van der Waals surface area contributed by atoms with Gasteiger partial charge in [-0.1, -0.05) is 18.2 Å². The molecular formula is C19H15NO5. The fraction of sp³-hybridized carbons (Fsp3) is 0.158. The molecule has 1 aromatic heterocycles. The van der Waals surface area contributed by atoms with Gasteiger partial charge in [-0.15, -0.1) is 0 Å². The number of rotatable bonds is 3. The highest BCUT2D eigenvalue weighted by Crippen LogP contribution is 2.35. The van der Waals surface area contributed by atoms with Crippen LogP contribution in [0.3, 0.4) is 0 Å². The van der Waals surface area contributed by atoms with Crippen LogP contribution in [-0.4, -0.2) is 23.9 Å². The molecule has 0 atom stereocenters. The van der Waals surface area contributed by atoms with Crippen LogP contribution in [-0.2, 0) is 4.74 Å². The van der Waals surface area contributed by atoms with Gasteiger partial charge in [-0.2, -0.15) is 0 Å². The van der Waals surface area contributed by atoms with Crippen molar-refractivity contribution in [3.05, 3.63) is 64.4 Å². The number of hydrogen-bond donors (Lipinski definition) is 0. The molecule has 0 saturated carbocycles. The molecule has 0 spiro atoms. The largest absolute Gasteiger partial charge is 0.462 e. The van der Waals surface area contributed by atoms with E-state index in [1.54, 1.807) is 23.6 Å². The summed E-state index contributed by atoms with van der Waals surface area (Å²) in [4.78, 5) is 25.1. The first kappa shape index (κ1) is 15.3. The second-order valence-corrected chi connectivity index (χ2v) is 5.52. The van der Waals surface area contributed by atoms with Crippen LogP contribution in [0, 0.1) is 0 Å². The predicted octanol–water partition coefficient (Wildman–Crippen LogP) is 2.90. The Bertz CT molecular complexity index is 1020. The number of para-hydroxylation sites is 1. The molecule has 2 heterocycles. The van der Waals surface area contributed by atoms with Gasteiger partial charge in [-0.3, -0.25) is 4.79 Å². The first-order valence-corrected chi connectivity index (χ1v) is 7.90. The second-order valence-electron chi connectivity index (χ2n) is 5.52. The predicted molar refractivity (Wildman–Crippen MR) is 91.6 cm³/mol. The van der Waals surface area contributed by atoms with Gasteiger partial charge < -0.3 is 18.8 Å². The molecule has 6 heteroatoms. The van der Waals surface area contributed by atoms with E-state index in [4.69, 9.17) is 14.2 Å². The van der Waals surface area contributed by atoms with Crippen molar-refractivity contribution in [2.75, 3.05) is 13.4 Å². The number of hydrogen-bond acceptors (Lipinski definition) is 5. The zero-order valence-corrected chi connectivity index (χ0v) is 13.5. The van der Waals surface area contributed by atoms with E-state index < -0.39 is 5.97 Å². The van der Waals surface area contributed by atoms with Gasteiger partial charge in [0.2, 0.25) is 12.2 Å². The number of aromatic nitrogens is 1. The Kier molecular flexibility index (Phi) is 3.65. The quantitative estimate of drug-likeness (QED) is 0.688. The van der Waals surface area contributed by atoms with Crippen LogP contribution in [0.4, 0.5) is 0 Å². The SMILES string of the molecule is CCOC(=O)c1cn(-c2ccccc2)c2cc3c(cc2c1=O)OCO3. The van der Waals surface area contributed by atoms with Crippen LogP contribution in [0.2, 0.25) is 0 Å². The third-order valence-electron chi connectivity index (χ3n) is 4.03. The topological polar surface area (TPSA) is 66.8 Å². The summed E-state index contributed by atoms with van der Waals surface area (Å²) in [6.07, 6.45) is 1.51. The van der Waals surface area contributed by atoms with E-state index in [1.165, 1.54) is 6.20 Å². The maximum atomic E-state index is 12.8. The van der Waals surface area contributed by atoms with Gasteiger partial charge >= 0.3 is 5.97 Å². The third kappa shape index (κ3) is 2.52. The number of ether oxygens (including phenoxy) is 3. The fourth-order valence-electron chi connectivity index (χ4n) is 2.87. The molecule has 0 unspecified atom stereocenters. The monoisotopic (exact) mass is 337 g/mol. The van der Waals surface area contributed by atoms with Gasteiger partial charge in [0.05, 0.1) is 17.5 Å². The summed E-state index contributed by atoms with van der Waals surface area (Å²) in [5.41, 5.74) is 1.04. The molecule has 1 aliphatic heterocycles. The van der Waals surface area contributed by atoms with Gasteiger partial charge in [0, 0.05) is 18.0 Å². The molecule has 6 nitrogen and oxygen atoms in total. The molecule has 3 aromatic rings. The zero-order chi connectivity index (χ0) is 17.4. The van der Waals surface area contributed by atoms with Crippen molar-refractivity contribution in [1.82, 2.24) is 4.57 Å². The average molecular weight is 337 g/mol. The first-order valence-electron chi connectivity index (χ1n) is 7.90. The number of nitrogens with zero attached hydrogens (tertiary/aromatic N) is 1. The first-order chi connectivity index (χ1) is 12.2. The van der Waals surface area contributed by atoms with Crippen LogP contribution in [0.25, 0.3) is 16.6 Å². The van der Waals surface area contributed by atoms with Gasteiger partial charge in [0.15, 0.2) is 11.5 Å². The summed E-state index contributed by atoms with van der Waals surface area (Å²) >= 11 is 0. The smallest absolute Gasteiger partial charge is 0.343 e. The summed E-state index contributed by atoms with van der Waals surface area (Å²) in [5.74, 6) is 0.419. The Morgan fingerprint density at radius 1 is 1.16 bits per heavy atom.